The lowest BCUT2D eigenvalue weighted by molar-refractivity contribution is -0.384. The fourth-order valence-corrected chi connectivity index (χ4v) is 8.28. The normalized spacial score (nSPS) is 29.2. The van der Waals surface area contributed by atoms with Crippen LogP contribution in [0, 0.1) is 22.0 Å². The molecule has 0 spiro atoms. The largest absolute Gasteiger partial charge is 0.273 e. The number of halogens is 7. The Morgan fingerprint density at radius 1 is 0.921 bits per heavy atom. The molecule has 0 radical (unpaired) electrons. The quantitative estimate of drug-likeness (QED) is 0.156. The standard InChI is InChI=1S/C23H12BrCl6N3O5/c24-12-5-1-10(2-6-12)9-31(18(34)11-3-7-13(8-4-11)33(37)38)32-19(35)14-15(20(32)36)22(28)17(26)16(25)21(14,27)23(22,29)30/h1-8,14-15H,9H2/t14-,15+,21-,22-/m1/s1. The van der Waals surface area contributed by atoms with Gasteiger partial charge in [0, 0.05) is 22.2 Å². The van der Waals surface area contributed by atoms with Crippen molar-refractivity contribution < 1.29 is 19.3 Å². The molecule has 15 heteroatoms. The van der Waals surface area contributed by atoms with Crippen molar-refractivity contribution in [3.05, 3.63) is 84.3 Å². The van der Waals surface area contributed by atoms with Crippen LogP contribution in [0.25, 0.3) is 0 Å². The van der Waals surface area contributed by atoms with Crippen LogP contribution < -0.4 is 0 Å². The lowest BCUT2D eigenvalue weighted by Crippen LogP contribution is -2.55. The van der Waals surface area contributed by atoms with Gasteiger partial charge >= 0.3 is 0 Å². The molecule has 3 amide bonds. The molecular formula is C23H12BrCl6N3O5. The Bertz CT molecular complexity index is 1410. The van der Waals surface area contributed by atoms with E-state index in [1.807, 2.05) is 0 Å². The molecule has 1 heterocycles. The summed E-state index contributed by atoms with van der Waals surface area (Å²) in [6.45, 7) is -0.230. The zero-order valence-electron chi connectivity index (χ0n) is 18.5. The minimum atomic E-state index is -2.12. The monoisotopic (exact) mass is 699 g/mol. The second-order valence-corrected chi connectivity index (χ2v) is 13.1. The minimum absolute atomic E-state index is 0.0206. The van der Waals surface area contributed by atoms with Gasteiger partial charge in [0.2, 0.25) is 0 Å². The van der Waals surface area contributed by atoms with Crippen molar-refractivity contribution in [2.24, 2.45) is 11.8 Å². The predicted molar refractivity (Wildman–Crippen MR) is 146 cm³/mol. The molecule has 1 saturated carbocycles. The summed E-state index contributed by atoms with van der Waals surface area (Å²) in [7, 11) is 0. The van der Waals surface area contributed by atoms with E-state index in [1.165, 1.54) is 12.1 Å². The molecule has 0 N–H and O–H groups in total. The van der Waals surface area contributed by atoms with E-state index in [0.717, 1.165) is 21.6 Å². The number of non-ortho nitro benzene ring substituents is 1. The van der Waals surface area contributed by atoms with E-state index in [4.69, 9.17) is 69.6 Å². The average molecular weight is 703 g/mol. The van der Waals surface area contributed by atoms with Crippen molar-refractivity contribution in [3.63, 3.8) is 0 Å². The van der Waals surface area contributed by atoms with Crippen LogP contribution in [0.2, 0.25) is 0 Å². The van der Waals surface area contributed by atoms with Crippen molar-refractivity contribution in [2.45, 2.75) is 20.6 Å². The fourth-order valence-electron chi connectivity index (χ4n) is 5.09. The van der Waals surface area contributed by atoms with Gasteiger partial charge in [0.1, 0.15) is 9.75 Å². The summed E-state index contributed by atoms with van der Waals surface area (Å²) in [4.78, 5) is 47.8. The van der Waals surface area contributed by atoms with E-state index < -0.39 is 48.6 Å². The lowest BCUT2D eigenvalue weighted by atomic mass is 9.84. The third kappa shape index (κ3) is 3.52. The first-order valence-electron chi connectivity index (χ1n) is 10.7. The highest BCUT2D eigenvalue weighted by Gasteiger charge is 2.88. The molecule has 2 aromatic carbocycles. The Morgan fingerprint density at radius 3 is 1.84 bits per heavy atom. The predicted octanol–water partition coefficient (Wildman–Crippen LogP) is 6.36. The number of hydrazine groups is 1. The molecule has 2 bridgehead atoms. The van der Waals surface area contributed by atoms with E-state index in [2.05, 4.69) is 15.9 Å². The number of nitrogens with zero attached hydrogens (tertiary/aromatic N) is 3. The van der Waals surface area contributed by atoms with E-state index >= 15 is 0 Å². The first-order valence-corrected chi connectivity index (χ1v) is 13.8. The molecule has 1 aliphatic heterocycles. The van der Waals surface area contributed by atoms with Crippen LogP contribution >= 0.6 is 85.5 Å². The Kier molecular flexibility index (Phi) is 6.79. The Balaban J connectivity index is 1.60. The number of amides is 3. The second kappa shape index (κ2) is 9.23. The third-order valence-electron chi connectivity index (χ3n) is 6.93. The summed E-state index contributed by atoms with van der Waals surface area (Å²) in [5, 5.41) is 12.1. The highest BCUT2D eigenvalue weighted by molar-refractivity contribution is 9.10. The number of carbonyl (C=O) groups is 3. The van der Waals surface area contributed by atoms with Crippen molar-refractivity contribution in [1.29, 1.82) is 0 Å². The Morgan fingerprint density at radius 2 is 1.39 bits per heavy atom. The zero-order chi connectivity index (χ0) is 27.9. The summed E-state index contributed by atoms with van der Waals surface area (Å²) in [5.41, 5.74) is 0.292. The topological polar surface area (TPSA) is 101 Å². The van der Waals surface area contributed by atoms with Crippen molar-refractivity contribution in [3.8, 4) is 0 Å². The van der Waals surface area contributed by atoms with Crippen LogP contribution in [0.5, 0.6) is 0 Å². The number of hydrogen-bond donors (Lipinski definition) is 0. The summed E-state index contributed by atoms with van der Waals surface area (Å²) in [6.07, 6.45) is 0. The molecule has 0 unspecified atom stereocenters. The van der Waals surface area contributed by atoms with Crippen LogP contribution in [-0.2, 0) is 16.1 Å². The maximum Gasteiger partial charge on any atom is 0.273 e. The number of allylic oxidation sites excluding steroid dienone is 2. The summed E-state index contributed by atoms with van der Waals surface area (Å²) >= 11 is 42.7. The number of imide groups is 1. The van der Waals surface area contributed by atoms with Crippen molar-refractivity contribution in [2.75, 3.05) is 0 Å². The molecule has 3 aliphatic rings. The highest BCUT2D eigenvalue weighted by Crippen LogP contribution is 2.77. The van der Waals surface area contributed by atoms with Gasteiger partial charge in [-0.05, 0) is 29.8 Å². The highest BCUT2D eigenvalue weighted by atomic mass is 79.9. The fraction of sp³-hybridized carbons (Fsp3) is 0.261. The lowest BCUT2D eigenvalue weighted by Gasteiger charge is -2.37. The number of rotatable bonds is 5. The first-order chi connectivity index (χ1) is 17.7. The third-order valence-corrected chi connectivity index (χ3v) is 11.7. The molecule has 1 saturated heterocycles. The molecule has 0 aromatic heterocycles. The van der Waals surface area contributed by atoms with Crippen LogP contribution in [-0.4, -0.2) is 46.7 Å². The van der Waals surface area contributed by atoms with Gasteiger partial charge in [0.05, 0.1) is 33.4 Å². The maximum absolute atomic E-state index is 13.9. The number of carbonyl (C=O) groups excluding carboxylic acids is 3. The van der Waals surface area contributed by atoms with E-state index in [1.54, 1.807) is 24.3 Å². The molecule has 38 heavy (non-hydrogen) atoms. The Hall–Kier alpha value is -1.59. The maximum atomic E-state index is 13.9. The van der Waals surface area contributed by atoms with E-state index in [-0.39, 0.29) is 27.9 Å². The number of hydrogen-bond acceptors (Lipinski definition) is 5. The first kappa shape index (κ1) is 28.0. The van der Waals surface area contributed by atoms with Gasteiger partial charge in [-0.3, -0.25) is 24.5 Å². The molecule has 2 fully saturated rings. The number of alkyl halides is 4. The SMILES string of the molecule is O=C(c1ccc([N+](=O)[O-])cc1)N(Cc1ccc(Br)cc1)N1C(=O)[C@@H]2[C@H](C1=O)[C@@]1(Cl)C(Cl)=C(Cl)[C@@]2(Cl)C1(Cl)Cl. The van der Waals surface area contributed by atoms with Gasteiger partial charge in [-0.1, -0.05) is 74.5 Å². The van der Waals surface area contributed by atoms with Gasteiger partial charge in [0.15, 0.2) is 4.33 Å². The summed E-state index contributed by atoms with van der Waals surface area (Å²) in [6, 6.07) is 11.5. The summed E-state index contributed by atoms with van der Waals surface area (Å²) in [5.74, 6) is -5.47. The molecule has 198 valence electrons. The molecule has 8 nitrogen and oxygen atoms in total. The van der Waals surface area contributed by atoms with Gasteiger partial charge in [-0.25, -0.2) is 5.01 Å². The van der Waals surface area contributed by atoms with Crippen LogP contribution in [0.3, 0.4) is 0 Å². The molecule has 5 rings (SSSR count). The number of benzene rings is 2. The zero-order valence-corrected chi connectivity index (χ0v) is 24.6. The average Bonchev–Trinajstić information content (AvgIpc) is 3.26. The minimum Gasteiger partial charge on any atom is -0.272 e. The van der Waals surface area contributed by atoms with E-state index in [0.29, 0.717) is 10.6 Å². The molecular weight excluding hydrogens is 691 g/mol. The van der Waals surface area contributed by atoms with Crippen LogP contribution in [0.15, 0.2) is 63.1 Å². The van der Waals surface area contributed by atoms with Gasteiger partial charge in [-0.15, -0.1) is 23.2 Å². The summed E-state index contributed by atoms with van der Waals surface area (Å²) < 4.78 is -1.36. The molecule has 2 aromatic rings. The van der Waals surface area contributed by atoms with Crippen LogP contribution in [0.4, 0.5) is 5.69 Å². The number of fused-ring (bicyclic) bond motifs is 5. The van der Waals surface area contributed by atoms with Gasteiger partial charge in [-0.2, -0.15) is 5.01 Å². The second-order valence-electron chi connectivity index (χ2n) is 8.86. The van der Waals surface area contributed by atoms with Gasteiger partial charge in [0.25, 0.3) is 23.4 Å². The Labute approximate surface area is 253 Å². The van der Waals surface area contributed by atoms with E-state index in [9.17, 15) is 24.5 Å². The number of nitro benzene ring substituents is 1. The van der Waals surface area contributed by atoms with Crippen LogP contribution in [0.1, 0.15) is 15.9 Å². The molecule has 4 atom stereocenters. The van der Waals surface area contributed by atoms with Crippen molar-refractivity contribution >= 4 is 109 Å². The van der Waals surface area contributed by atoms with Crippen molar-refractivity contribution in [1.82, 2.24) is 10.0 Å². The van der Waals surface area contributed by atoms with Gasteiger partial charge < -0.3 is 0 Å². The number of nitro groups is 1. The molecule has 2 aliphatic carbocycles. The smallest absolute Gasteiger partial charge is 0.272 e.